The molecule has 1 unspecified atom stereocenters. The maximum atomic E-state index is 8.76. The Balaban J connectivity index is 3.17. The molecule has 0 amide bonds. The van der Waals surface area contributed by atoms with Crippen molar-refractivity contribution in [2.75, 3.05) is 25.2 Å². The van der Waals surface area contributed by atoms with Crippen LogP contribution in [0.1, 0.15) is 32.6 Å². The average molecular weight is 205 g/mol. The molecule has 80 valence electrons. The zero-order chi connectivity index (χ0) is 9.94. The third kappa shape index (κ3) is 8.60. The highest BCUT2D eigenvalue weighted by atomic mass is 32.2. The first-order valence-electron chi connectivity index (χ1n) is 5.21. The fourth-order valence-corrected chi connectivity index (χ4v) is 2.34. The van der Waals surface area contributed by atoms with Crippen molar-refractivity contribution in [2.45, 2.75) is 38.6 Å². The van der Waals surface area contributed by atoms with Gasteiger partial charge in [0.1, 0.15) is 0 Å². The van der Waals surface area contributed by atoms with Gasteiger partial charge in [-0.15, -0.1) is 0 Å². The van der Waals surface area contributed by atoms with E-state index in [0.29, 0.717) is 12.6 Å². The number of hydrogen-bond acceptors (Lipinski definition) is 3. The predicted molar refractivity (Wildman–Crippen MR) is 61.4 cm³/mol. The summed E-state index contributed by atoms with van der Waals surface area (Å²) in [6.45, 7) is 2.52. The van der Waals surface area contributed by atoms with E-state index in [1.165, 1.54) is 25.0 Å². The first kappa shape index (κ1) is 13.3. The molecular formula is C10H23NOS. The van der Waals surface area contributed by atoms with Crippen LogP contribution in [0.2, 0.25) is 0 Å². The van der Waals surface area contributed by atoms with Crippen LogP contribution in [0.4, 0.5) is 0 Å². The summed E-state index contributed by atoms with van der Waals surface area (Å²) in [5.41, 5.74) is 0. The van der Waals surface area contributed by atoms with Crippen molar-refractivity contribution in [3.63, 3.8) is 0 Å². The molecule has 0 saturated carbocycles. The Morgan fingerprint density at radius 2 is 2.15 bits per heavy atom. The van der Waals surface area contributed by atoms with Crippen molar-refractivity contribution in [2.24, 2.45) is 0 Å². The zero-order valence-electron chi connectivity index (χ0n) is 8.88. The maximum absolute atomic E-state index is 8.76. The van der Waals surface area contributed by atoms with Gasteiger partial charge in [-0.1, -0.05) is 19.8 Å². The minimum absolute atomic E-state index is 0.293. The lowest BCUT2D eigenvalue weighted by atomic mass is 10.2. The molecule has 13 heavy (non-hydrogen) atoms. The molecule has 0 aromatic heterocycles. The van der Waals surface area contributed by atoms with Crippen LogP contribution in [0.5, 0.6) is 0 Å². The average Bonchev–Trinajstić information content (AvgIpc) is 2.16. The molecule has 0 spiro atoms. The van der Waals surface area contributed by atoms with Crippen LogP contribution in [-0.2, 0) is 0 Å². The van der Waals surface area contributed by atoms with Crippen LogP contribution in [0.15, 0.2) is 0 Å². The van der Waals surface area contributed by atoms with Gasteiger partial charge in [0.15, 0.2) is 0 Å². The first-order valence-corrected chi connectivity index (χ1v) is 6.36. The topological polar surface area (TPSA) is 32.3 Å². The third-order valence-corrected chi connectivity index (χ3v) is 3.31. The molecule has 0 aliphatic carbocycles. The second-order valence-electron chi connectivity index (χ2n) is 3.28. The van der Waals surface area contributed by atoms with Gasteiger partial charge < -0.3 is 10.4 Å². The van der Waals surface area contributed by atoms with Gasteiger partial charge in [-0.25, -0.2) is 0 Å². The maximum Gasteiger partial charge on any atom is 0.0446 e. The Bertz CT molecular complexity index is 101. The van der Waals surface area contributed by atoms with E-state index in [-0.39, 0.29) is 0 Å². The molecule has 0 aromatic rings. The molecule has 0 heterocycles. The molecule has 0 saturated heterocycles. The van der Waals surface area contributed by atoms with Gasteiger partial charge in [-0.2, -0.15) is 11.8 Å². The third-order valence-electron chi connectivity index (χ3n) is 2.10. The molecule has 2 nitrogen and oxygen atoms in total. The zero-order valence-corrected chi connectivity index (χ0v) is 9.70. The Labute approximate surface area is 86.5 Å². The summed E-state index contributed by atoms with van der Waals surface area (Å²) >= 11 is 1.99. The van der Waals surface area contributed by atoms with Gasteiger partial charge in [0.25, 0.3) is 0 Å². The normalized spacial score (nSPS) is 13.2. The van der Waals surface area contributed by atoms with Crippen LogP contribution in [0.25, 0.3) is 0 Å². The van der Waals surface area contributed by atoms with Gasteiger partial charge in [0.2, 0.25) is 0 Å². The SMILES string of the molecule is CCCCCSCC(CCO)NC. The standard InChI is InChI=1S/C10H23NOS/c1-3-4-5-8-13-9-10(11-2)6-7-12/h10-12H,3-9H2,1-2H3. The number of unbranched alkanes of at least 4 members (excludes halogenated alkanes) is 2. The quantitative estimate of drug-likeness (QED) is 0.564. The van der Waals surface area contributed by atoms with E-state index in [2.05, 4.69) is 12.2 Å². The van der Waals surface area contributed by atoms with Crippen molar-refractivity contribution in [1.29, 1.82) is 0 Å². The number of thioether (sulfide) groups is 1. The van der Waals surface area contributed by atoms with Crippen LogP contribution in [0.3, 0.4) is 0 Å². The lowest BCUT2D eigenvalue weighted by molar-refractivity contribution is 0.273. The van der Waals surface area contributed by atoms with Crippen LogP contribution in [-0.4, -0.2) is 36.3 Å². The van der Waals surface area contributed by atoms with Crippen LogP contribution in [0, 0.1) is 0 Å². The fraction of sp³-hybridized carbons (Fsp3) is 1.00. The Morgan fingerprint density at radius 1 is 1.38 bits per heavy atom. The molecule has 0 aliphatic rings. The van der Waals surface area contributed by atoms with Crippen molar-refractivity contribution in [3.05, 3.63) is 0 Å². The summed E-state index contributed by atoms with van der Waals surface area (Å²) in [6, 6.07) is 0.483. The predicted octanol–water partition coefficient (Wildman–Crippen LogP) is 1.88. The first-order chi connectivity index (χ1) is 6.35. The molecule has 0 fully saturated rings. The van der Waals surface area contributed by atoms with Crippen molar-refractivity contribution < 1.29 is 5.11 Å². The van der Waals surface area contributed by atoms with E-state index in [1.54, 1.807) is 0 Å². The number of aliphatic hydroxyl groups is 1. The van der Waals surface area contributed by atoms with E-state index in [1.807, 2.05) is 18.8 Å². The lowest BCUT2D eigenvalue weighted by Gasteiger charge is -2.13. The smallest absolute Gasteiger partial charge is 0.0446 e. The van der Waals surface area contributed by atoms with Gasteiger partial charge in [-0.3, -0.25) is 0 Å². The number of nitrogens with one attached hydrogen (secondary N) is 1. The Kier molecular flexibility index (Phi) is 10.6. The summed E-state index contributed by atoms with van der Waals surface area (Å²) in [4.78, 5) is 0. The minimum Gasteiger partial charge on any atom is -0.396 e. The van der Waals surface area contributed by atoms with Crippen molar-refractivity contribution >= 4 is 11.8 Å². The number of hydrogen-bond donors (Lipinski definition) is 2. The Morgan fingerprint density at radius 3 is 2.69 bits per heavy atom. The van der Waals surface area contributed by atoms with Gasteiger partial charge in [-0.05, 0) is 25.6 Å². The molecule has 3 heteroatoms. The van der Waals surface area contributed by atoms with E-state index in [9.17, 15) is 0 Å². The highest BCUT2D eigenvalue weighted by Gasteiger charge is 2.03. The molecule has 0 bridgehead atoms. The lowest BCUT2D eigenvalue weighted by Crippen LogP contribution is -2.28. The highest BCUT2D eigenvalue weighted by Crippen LogP contribution is 2.09. The highest BCUT2D eigenvalue weighted by molar-refractivity contribution is 7.99. The summed E-state index contributed by atoms with van der Waals surface area (Å²) in [7, 11) is 1.97. The van der Waals surface area contributed by atoms with Gasteiger partial charge in [0, 0.05) is 18.4 Å². The number of rotatable bonds is 9. The molecule has 1 atom stereocenters. The Hall–Kier alpha value is 0.270. The fourth-order valence-electron chi connectivity index (χ4n) is 1.15. The second-order valence-corrected chi connectivity index (χ2v) is 4.43. The number of aliphatic hydroxyl groups excluding tert-OH is 1. The van der Waals surface area contributed by atoms with E-state index in [4.69, 9.17) is 5.11 Å². The molecule has 2 N–H and O–H groups in total. The van der Waals surface area contributed by atoms with E-state index in [0.717, 1.165) is 12.2 Å². The van der Waals surface area contributed by atoms with Crippen LogP contribution >= 0.6 is 11.8 Å². The molecule has 0 radical (unpaired) electrons. The minimum atomic E-state index is 0.293. The van der Waals surface area contributed by atoms with Crippen molar-refractivity contribution in [1.82, 2.24) is 5.32 Å². The van der Waals surface area contributed by atoms with E-state index < -0.39 is 0 Å². The van der Waals surface area contributed by atoms with Gasteiger partial charge in [0.05, 0.1) is 0 Å². The summed E-state index contributed by atoms with van der Waals surface area (Å²) in [5, 5.41) is 12.0. The monoisotopic (exact) mass is 205 g/mol. The van der Waals surface area contributed by atoms with Crippen LogP contribution < -0.4 is 5.32 Å². The van der Waals surface area contributed by atoms with Crippen molar-refractivity contribution in [3.8, 4) is 0 Å². The summed E-state index contributed by atoms with van der Waals surface area (Å²) in [5.74, 6) is 2.39. The van der Waals surface area contributed by atoms with Gasteiger partial charge >= 0.3 is 0 Å². The molecule has 0 rings (SSSR count). The molecule has 0 aliphatic heterocycles. The van der Waals surface area contributed by atoms with E-state index >= 15 is 0 Å². The molecule has 0 aromatic carbocycles. The summed E-state index contributed by atoms with van der Waals surface area (Å²) < 4.78 is 0. The largest absolute Gasteiger partial charge is 0.396 e. The molecular weight excluding hydrogens is 182 g/mol. The second kappa shape index (κ2) is 10.4. The summed E-state index contributed by atoms with van der Waals surface area (Å²) in [6.07, 6.45) is 4.85.